The molecule has 16 heteroatoms. The summed E-state index contributed by atoms with van der Waals surface area (Å²) in [5.41, 5.74) is 11.9. The van der Waals surface area contributed by atoms with E-state index in [0.717, 1.165) is 0 Å². The van der Waals surface area contributed by atoms with Gasteiger partial charge in [0.05, 0.1) is 0 Å². The first-order chi connectivity index (χ1) is 18.0. The summed E-state index contributed by atoms with van der Waals surface area (Å²) in [6.07, 6.45) is -8.65. The third kappa shape index (κ3) is 8.58. The second kappa shape index (κ2) is 13.4. The van der Waals surface area contributed by atoms with Crippen LogP contribution < -0.4 is 21.5 Å². The van der Waals surface area contributed by atoms with Crippen LogP contribution in [0.15, 0.2) is 23.2 Å². The van der Waals surface area contributed by atoms with Crippen LogP contribution in [0.1, 0.15) is 63.5 Å². The molecule has 5 unspecified atom stereocenters. The Morgan fingerprint density at radius 3 is 2.15 bits per heavy atom. The SMILES string of the molecule is CC(C)c1cccc(C(C)C)c1OC1(N[C@@H](CCCN=C(N)N)C(=O)O)OC(OP(=O)(O)O)C(O)C(O)C1O. The number of phosphoric acid groups is 1. The van der Waals surface area contributed by atoms with Gasteiger partial charge in [0, 0.05) is 6.54 Å². The molecule has 39 heavy (non-hydrogen) atoms. The number of carboxylic acid groups (broad SMARTS) is 1. The van der Waals surface area contributed by atoms with Gasteiger partial charge in [-0.1, -0.05) is 45.9 Å². The molecule has 1 aromatic rings. The van der Waals surface area contributed by atoms with E-state index in [-0.39, 0.29) is 42.9 Å². The lowest BCUT2D eigenvalue weighted by atomic mass is 9.93. The average Bonchev–Trinajstić information content (AvgIpc) is 2.81. The second-order valence-corrected chi connectivity index (χ2v) is 11.0. The summed E-state index contributed by atoms with van der Waals surface area (Å²) >= 11 is 0. The van der Waals surface area contributed by atoms with Crippen molar-refractivity contribution in [2.24, 2.45) is 16.5 Å². The summed E-state index contributed by atoms with van der Waals surface area (Å²) in [6, 6.07) is 3.76. The summed E-state index contributed by atoms with van der Waals surface area (Å²) in [7, 11) is -5.31. The Labute approximate surface area is 226 Å². The maximum atomic E-state index is 12.2. The first kappa shape index (κ1) is 32.9. The van der Waals surface area contributed by atoms with Gasteiger partial charge >= 0.3 is 19.7 Å². The summed E-state index contributed by atoms with van der Waals surface area (Å²) in [5.74, 6) is -4.36. The number of para-hydroxylation sites is 1. The summed E-state index contributed by atoms with van der Waals surface area (Å²) < 4.78 is 27.9. The molecule has 0 amide bonds. The van der Waals surface area contributed by atoms with Crippen molar-refractivity contribution in [2.75, 3.05) is 6.54 Å². The van der Waals surface area contributed by atoms with Gasteiger partial charge in [-0.05, 0) is 35.8 Å². The molecule has 15 nitrogen and oxygen atoms in total. The van der Waals surface area contributed by atoms with Gasteiger partial charge in [0.15, 0.2) is 12.1 Å². The molecule has 1 saturated heterocycles. The van der Waals surface area contributed by atoms with Crippen molar-refractivity contribution >= 4 is 19.8 Å². The normalized spacial score (nSPS) is 26.4. The molecule has 0 bridgehead atoms. The van der Waals surface area contributed by atoms with Gasteiger partial charge in [-0.2, -0.15) is 0 Å². The predicted molar refractivity (Wildman–Crippen MR) is 138 cm³/mol. The zero-order valence-electron chi connectivity index (χ0n) is 22.2. The topological polar surface area (TPSA) is 260 Å². The molecular weight excluding hydrogens is 539 g/mol. The number of carbonyl (C=O) groups is 1. The largest absolute Gasteiger partial charge is 0.480 e. The number of nitrogens with zero attached hydrogens (tertiary/aromatic N) is 1. The first-order valence-corrected chi connectivity index (χ1v) is 13.9. The average molecular weight is 579 g/mol. The van der Waals surface area contributed by atoms with E-state index in [9.17, 15) is 39.6 Å². The minimum absolute atomic E-state index is 0.0734. The number of aliphatic carboxylic acids is 1. The highest BCUT2D eigenvalue weighted by Crippen LogP contribution is 2.44. The van der Waals surface area contributed by atoms with E-state index in [1.54, 1.807) is 18.2 Å². The number of guanidine groups is 1. The number of aliphatic hydroxyl groups is 3. The van der Waals surface area contributed by atoms with Crippen molar-refractivity contribution in [1.82, 2.24) is 5.32 Å². The van der Waals surface area contributed by atoms with Crippen molar-refractivity contribution in [3.05, 3.63) is 29.3 Å². The van der Waals surface area contributed by atoms with E-state index < -0.39 is 50.3 Å². The van der Waals surface area contributed by atoms with Gasteiger partial charge < -0.3 is 46.4 Å². The van der Waals surface area contributed by atoms with Crippen molar-refractivity contribution < 1.29 is 53.6 Å². The number of aliphatic hydroxyl groups excluding tert-OH is 3. The van der Waals surface area contributed by atoms with Crippen LogP contribution in [-0.2, 0) is 18.6 Å². The van der Waals surface area contributed by atoms with Crippen LogP contribution in [0.5, 0.6) is 5.75 Å². The quantitative estimate of drug-likeness (QED) is 0.0475. The van der Waals surface area contributed by atoms with Crippen LogP contribution >= 0.6 is 7.82 Å². The monoisotopic (exact) mass is 578 g/mol. The number of rotatable bonds is 13. The number of phosphoric ester groups is 1. The summed E-state index contributed by atoms with van der Waals surface area (Å²) in [6.45, 7) is 7.54. The molecule has 0 spiro atoms. The fourth-order valence-electron chi connectivity index (χ4n) is 4.09. The minimum atomic E-state index is -5.31. The molecular formula is C23H39N4O11P. The van der Waals surface area contributed by atoms with Crippen molar-refractivity contribution in [1.29, 1.82) is 0 Å². The molecule has 1 fully saturated rings. The maximum Gasteiger partial charge on any atom is 0.472 e. The molecule has 1 aromatic carbocycles. The molecule has 0 aliphatic carbocycles. The number of nitrogens with one attached hydrogen (secondary N) is 1. The number of benzene rings is 1. The third-order valence-corrected chi connectivity index (χ3v) is 6.55. The number of hydrogen-bond acceptors (Lipinski definition) is 10. The summed E-state index contributed by atoms with van der Waals surface area (Å²) in [4.78, 5) is 34.7. The number of nitrogens with two attached hydrogens (primary N) is 2. The van der Waals surface area contributed by atoms with Crippen molar-refractivity contribution in [3.8, 4) is 5.75 Å². The predicted octanol–water partition coefficient (Wildman–Crippen LogP) is -0.389. The minimum Gasteiger partial charge on any atom is -0.480 e. The molecule has 222 valence electrons. The van der Waals surface area contributed by atoms with E-state index in [4.69, 9.17) is 20.9 Å². The van der Waals surface area contributed by atoms with E-state index in [2.05, 4.69) is 14.8 Å². The third-order valence-electron chi connectivity index (χ3n) is 6.07. The Morgan fingerprint density at radius 1 is 1.13 bits per heavy atom. The van der Waals surface area contributed by atoms with Gasteiger partial charge in [-0.25, -0.2) is 9.88 Å². The van der Waals surface area contributed by atoms with Gasteiger partial charge in [0.1, 0.15) is 24.0 Å². The molecule has 0 radical (unpaired) electrons. The molecule has 0 saturated carbocycles. The van der Waals surface area contributed by atoms with Crippen LogP contribution in [0.3, 0.4) is 0 Å². The van der Waals surface area contributed by atoms with Crippen LogP contribution in [0.2, 0.25) is 0 Å². The molecule has 0 aromatic heterocycles. The van der Waals surface area contributed by atoms with Crippen LogP contribution in [0.25, 0.3) is 0 Å². The Bertz CT molecular complexity index is 1040. The lowest BCUT2D eigenvalue weighted by Crippen LogP contribution is -2.74. The highest BCUT2D eigenvalue weighted by atomic mass is 31.2. The number of aliphatic imine (C=N–C) groups is 1. The molecule has 2 rings (SSSR count). The Hall–Kier alpha value is -2.33. The lowest BCUT2D eigenvalue weighted by molar-refractivity contribution is -0.381. The fourth-order valence-corrected chi connectivity index (χ4v) is 4.53. The van der Waals surface area contributed by atoms with E-state index in [1.807, 2.05) is 27.7 Å². The Kier molecular flexibility index (Phi) is 11.3. The summed E-state index contributed by atoms with van der Waals surface area (Å²) in [5, 5.41) is 44.7. The van der Waals surface area contributed by atoms with Gasteiger partial charge in [0.2, 0.25) is 6.29 Å². The number of ether oxygens (including phenoxy) is 2. The van der Waals surface area contributed by atoms with E-state index in [1.165, 1.54) is 0 Å². The highest BCUT2D eigenvalue weighted by molar-refractivity contribution is 7.46. The molecule has 11 N–H and O–H groups in total. The molecule has 6 atom stereocenters. The standard InChI is InChI=1S/C23H39N4O11P/c1-11(2)13-7-5-8-14(12(3)4)18(13)36-23(27-15(20(31)32)9-6-10-26-22(24)25)19(30)16(28)17(29)21(37-23)38-39(33,34)35/h5,7-8,11-12,15-17,19,21,27-30H,6,9-10H2,1-4H3,(H,31,32)(H4,24,25,26)(H2,33,34,35)/t15-,16?,17?,19?,21?,23?/m0/s1. The van der Waals surface area contributed by atoms with Crippen molar-refractivity contribution in [2.45, 2.75) is 88.9 Å². The van der Waals surface area contributed by atoms with Crippen LogP contribution in [0, 0.1) is 0 Å². The smallest absolute Gasteiger partial charge is 0.472 e. The Morgan fingerprint density at radius 2 is 1.69 bits per heavy atom. The fraction of sp³-hybridized carbons (Fsp3) is 0.652. The van der Waals surface area contributed by atoms with Crippen LogP contribution in [0.4, 0.5) is 0 Å². The first-order valence-electron chi connectivity index (χ1n) is 12.3. The molecule has 1 aliphatic heterocycles. The van der Waals surface area contributed by atoms with E-state index >= 15 is 0 Å². The zero-order valence-corrected chi connectivity index (χ0v) is 23.1. The maximum absolute atomic E-state index is 12.2. The van der Waals surface area contributed by atoms with Gasteiger partial charge in [0.25, 0.3) is 0 Å². The number of carboxylic acids is 1. The van der Waals surface area contributed by atoms with E-state index in [0.29, 0.717) is 11.1 Å². The lowest BCUT2D eigenvalue weighted by Gasteiger charge is -2.49. The van der Waals surface area contributed by atoms with Gasteiger partial charge in [-0.15, -0.1) is 0 Å². The Balaban J connectivity index is 2.66. The number of hydrogen-bond donors (Lipinski definition) is 9. The highest BCUT2D eigenvalue weighted by Gasteiger charge is 2.59. The molecule has 1 heterocycles. The molecule has 1 aliphatic rings. The van der Waals surface area contributed by atoms with Gasteiger partial charge in [-0.3, -0.25) is 19.0 Å². The van der Waals surface area contributed by atoms with Crippen molar-refractivity contribution in [3.63, 3.8) is 0 Å². The van der Waals surface area contributed by atoms with Crippen LogP contribution in [-0.4, -0.2) is 85.2 Å². The zero-order chi connectivity index (χ0) is 29.7. The second-order valence-electron chi connectivity index (χ2n) is 9.84.